The maximum Gasteiger partial charge on any atom is 0.350 e. The fourth-order valence-corrected chi connectivity index (χ4v) is 16.5. The Kier molecular flexibility index (Phi) is 36.3. The van der Waals surface area contributed by atoms with E-state index >= 15 is 0 Å². The van der Waals surface area contributed by atoms with E-state index in [0.717, 1.165) is 116 Å². The Labute approximate surface area is 657 Å². The molecule has 0 unspecified atom stereocenters. The van der Waals surface area contributed by atoms with Crippen molar-refractivity contribution in [3.8, 4) is 47.7 Å². The van der Waals surface area contributed by atoms with Crippen LogP contribution in [0.25, 0.3) is 4.85 Å². The number of halogens is 1. The van der Waals surface area contributed by atoms with Gasteiger partial charge in [0, 0.05) is 65.0 Å². The molecule has 22 nitrogen and oxygen atoms in total. The summed E-state index contributed by atoms with van der Waals surface area (Å²) in [5.74, 6) is 22.9. The Hall–Kier alpha value is -8.11. The van der Waals surface area contributed by atoms with Gasteiger partial charge in [-0.1, -0.05) is 66.6 Å². The Morgan fingerprint density at radius 2 is 0.806 bits per heavy atom. The maximum atomic E-state index is 13.9. The number of carboxylic acids is 2. The van der Waals surface area contributed by atoms with Crippen molar-refractivity contribution in [1.82, 2.24) is 0 Å². The third kappa shape index (κ3) is 28.4. The number of thiophene rings is 3. The molecule has 4 N–H and O–H groups in total. The van der Waals surface area contributed by atoms with Crippen molar-refractivity contribution in [2.24, 2.45) is 68.0 Å². The third-order valence-corrected chi connectivity index (χ3v) is 22.7. The van der Waals surface area contributed by atoms with Crippen molar-refractivity contribution < 1.29 is 63.0 Å². The molecule has 6 saturated carbocycles. The van der Waals surface area contributed by atoms with Gasteiger partial charge in [-0.3, -0.25) is 24.0 Å². The monoisotopic (exact) mass is 1560 g/mol. The number of esters is 1. The second kappa shape index (κ2) is 43.3. The maximum absolute atomic E-state index is 13.9. The molecule has 0 aromatic carbocycles. The van der Waals surface area contributed by atoms with Crippen molar-refractivity contribution >= 4 is 116 Å². The number of methoxy groups -OCH3 is 1. The highest BCUT2D eigenvalue weighted by atomic mass is 35.5. The lowest BCUT2D eigenvalue weighted by atomic mass is 9.81. The van der Waals surface area contributed by atoms with Gasteiger partial charge in [0.1, 0.15) is 32.6 Å². The van der Waals surface area contributed by atoms with E-state index in [1.54, 1.807) is 21.9 Å². The summed E-state index contributed by atoms with van der Waals surface area (Å²) in [6.07, 6.45) is 18.7. The number of carbonyl (C=O) groups is 7. The Morgan fingerprint density at radius 1 is 0.519 bits per heavy atom. The van der Waals surface area contributed by atoms with Crippen LogP contribution in [0.5, 0.6) is 0 Å². The number of nitriles is 2. The summed E-state index contributed by atoms with van der Waals surface area (Å²) in [5, 5.41) is 45.4. The molecule has 0 radical (unpaired) electrons. The number of nitrogens with two attached hydrogens (primary N) is 1. The summed E-state index contributed by atoms with van der Waals surface area (Å²) in [4.78, 5) is 115. The number of Topliss-reactive ketones (excluding diaryl/α,β-unsaturated/α-hetero) is 1. The molecule has 9 rings (SSSR count). The molecule has 6 fully saturated rings. The molecule has 0 aliphatic heterocycles. The molecule has 3 aromatic heterocycles. The molecule has 6 aliphatic rings. The highest BCUT2D eigenvalue weighted by Gasteiger charge is 2.41. The molecule has 3 aromatic rings. The van der Waals surface area contributed by atoms with Crippen LogP contribution in [0.15, 0.2) is 28.5 Å². The fraction of sp³-hybridized carbons (Fsp3) is 0.634. The Bertz CT molecular complexity index is 3780. The Balaban J connectivity index is 0.000000280. The van der Waals surface area contributed by atoms with E-state index in [9.17, 15) is 43.8 Å². The van der Waals surface area contributed by atoms with E-state index in [1.807, 2.05) is 85.4 Å². The van der Waals surface area contributed by atoms with Crippen LogP contribution in [0.2, 0.25) is 0 Å². The molecule has 108 heavy (non-hydrogen) atoms. The van der Waals surface area contributed by atoms with Gasteiger partial charge in [-0.15, -0.1) is 46.4 Å². The van der Waals surface area contributed by atoms with E-state index in [-0.39, 0.29) is 118 Å². The number of ether oxygens (including phenoxy) is 1. The number of aromatic carboxylic acids is 2. The summed E-state index contributed by atoms with van der Waals surface area (Å²) in [5.41, 5.74) is 2.68. The van der Waals surface area contributed by atoms with E-state index in [2.05, 4.69) is 82.2 Å². The van der Waals surface area contributed by atoms with Gasteiger partial charge in [0.2, 0.25) is 30.9 Å². The van der Waals surface area contributed by atoms with E-state index < -0.39 is 17.9 Å². The normalized spacial score (nSPS) is 21.3. The van der Waals surface area contributed by atoms with Crippen LogP contribution in [0.4, 0.5) is 17.1 Å². The highest BCUT2D eigenvalue weighted by Crippen LogP contribution is 2.43. The smallest absolute Gasteiger partial charge is 0.350 e. The van der Waals surface area contributed by atoms with Gasteiger partial charge >= 0.3 is 24.6 Å². The minimum absolute atomic E-state index is 0. The molecule has 0 atom stereocenters. The van der Waals surface area contributed by atoms with Gasteiger partial charge in [0.25, 0.3) is 0 Å². The first-order valence-electron chi connectivity index (χ1n) is 37.5. The van der Waals surface area contributed by atoms with Crippen LogP contribution in [0, 0.1) is 117 Å². The number of ketones is 1. The average Bonchev–Trinajstić information content (AvgIpc) is 1.61. The van der Waals surface area contributed by atoms with Gasteiger partial charge in [0.15, 0.2) is 0 Å². The van der Waals surface area contributed by atoms with E-state index in [0.29, 0.717) is 126 Å². The lowest BCUT2D eigenvalue weighted by Gasteiger charge is -2.38. The summed E-state index contributed by atoms with van der Waals surface area (Å²) < 4.78 is 5.06. The predicted octanol–water partition coefficient (Wildman–Crippen LogP) is 17.5. The number of oxime groups is 2. The molecule has 3 heterocycles. The molecule has 0 saturated heterocycles. The van der Waals surface area contributed by atoms with E-state index in [1.165, 1.54) is 18.4 Å². The second-order valence-electron chi connectivity index (χ2n) is 31.9. The highest BCUT2D eigenvalue weighted by molar-refractivity contribution is 7.16. The molecular weight excluding hydrogens is 1450 g/mol. The van der Waals surface area contributed by atoms with Gasteiger partial charge in [0.05, 0.1) is 50.2 Å². The summed E-state index contributed by atoms with van der Waals surface area (Å²) in [7, 11) is 1.36. The van der Waals surface area contributed by atoms with Gasteiger partial charge < -0.3 is 39.3 Å². The average molecular weight is 1560 g/mol. The first-order chi connectivity index (χ1) is 50.7. The summed E-state index contributed by atoms with van der Waals surface area (Å²) in [6.45, 7) is 30.6. The zero-order valence-electron chi connectivity index (χ0n) is 65.2. The van der Waals surface area contributed by atoms with Crippen LogP contribution in [-0.2, 0) is 38.4 Å². The zero-order valence-corrected chi connectivity index (χ0v) is 68.5. The second-order valence-corrected chi connectivity index (χ2v) is 35.1. The van der Waals surface area contributed by atoms with Crippen molar-refractivity contribution in [2.75, 3.05) is 41.8 Å². The lowest BCUT2D eigenvalue weighted by Crippen LogP contribution is -2.46. The van der Waals surface area contributed by atoms with E-state index in [4.69, 9.17) is 31.5 Å². The predicted molar refractivity (Wildman–Crippen MR) is 427 cm³/mol. The lowest BCUT2D eigenvalue weighted by molar-refractivity contribution is -0.125. The SMILES string of the molecule is CC1CCC(C(=O)N(c2cc(C#CC(C)(C)C)sc2C(=O)O)C2CCC(=NOCC#N)CC2)CC1.CC1CCC(C(=O)N(c2cc(C#CC(C)(C)C)sc2C(=O)O)C2CCC(=NOCC#N)CC2)CC1.COC(=O)c1sc(C#CC(C)(C)C)cc1N(C(=O)C1CCC(C)CC1)C1CCC(=O)CC1.Cl.[C-]#[N+]CON. The van der Waals surface area contributed by atoms with Gasteiger partial charge in [-0.05, 0) is 240 Å². The zero-order chi connectivity index (χ0) is 78.8. The van der Waals surface area contributed by atoms with Crippen LogP contribution >= 0.6 is 46.4 Å². The first-order valence-corrected chi connectivity index (χ1v) is 39.9. The first kappa shape index (κ1) is 90.5. The summed E-state index contributed by atoms with van der Waals surface area (Å²) >= 11 is 3.56. The molecule has 0 spiro atoms. The number of rotatable bonds is 17. The van der Waals surface area contributed by atoms with Gasteiger partial charge in [-0.25, -0.2) is 31.7 Å². The van der Waals surface area contributed by atoms with Crippen molar-refractivity contribution in [2.45, 2.75) is 255 Å². The molecule has 586 valence electrons. The van der Waals surface area contributed by atoms with Crippen LogP contribution in [-0.4, -0.2) is 108 Å². The van der Waals surface area contributed by atoms with Crippen LogP contribution < -0.4 is 20.6 Å². The minimum Gasteiger partial charge on any atom is -0.477 e. The molecule has 26 heteroatoms. The quantitative estimate of drug-likeness (QED) is 0.0372. The van der Waals surface area contributed by atoms with Crippen molar-refractivity contribution in [1.29, 1.82) is 10.5 Å². The van der Waals surface area contributed by atoms with Crippen molar-refractivity contribution in [3.63, 3.8) is 0 Å². The number of carbonyl (C=O) groups excluding carboxylic acids is 5. The molecule has 6 aliphatic carbocycles. The van der Waals surface area contributed by atoms with Crippen LogP contribution in [0.1, 0.15) is 281 Å². The molecule has 0 bridgehead atoms. The number of hydrogen-bond acceptors (Lipinski definition) is 19. The van der Waals surface area contributed by atoms with Gasteiger partial charge in [-0.2, -0.15) is 10.5 Å². The molecule has 3 amide bonds. The van der Waals surface area contributed by atoms with Crippen molar-refractivity contribution in [3.05, 3.63) is 58.9 Å². The topological polar surface area (TPSA) is 309 Å². The number of nitrogens with zero attached hydrogens (tertiary/aromatic N) is 8. The summed E-state index contributed by atoms with van der Waals surface area (Å²) in [6, 6.07) is 8.93. The van der Waals surface area contributed by atoms with Crippen LogP contribution in [0.3, 0.4) is 0 Å². The minimum atomic E-state index is -1.04. The Morgan fingerprint density at radius 3 is 1.06 bits per heavy atom. The number of hydrogen-bond donors (Lipinski definition) is 3. The largest absolute Gasteiger partial charge is 0.477 e. The number of carboxylic acid groups (broad SMARTS) is 2. The number of amides is 3. The standard InChI is InChI=1S/2C27H35N3O4S.C26H35NO4S.C2H4N2O.ClH/c2*1-18-5-7-19(8-6-18)25(31)30(21-11-9-20(10-12-21)29-34-16-15-28)23-17-22(13-14-27(2,3)4)35-24(23)26(32)33;1-17-6-8-18(9-7-17)24(29)27(19-10-12-20(28)13-11-19)22-16-21(14-15-26(2,3)4)32-23(22)25(30)31-5;1-4-2-5-3;/h2*17-19,21H,5-12,16H2,1-4H3,(H,32,33);16-19H,6-13H2,1-5H3;2-3H2;1H. The third-order valence-electron chi connectivity index (χ3n) is 19.6. The number of anilines is 3. The fourth-order valence-electron chi connectivity index (χ4n) is 13.9. The molecular formula is C82H110ClN9O13S3.